The molecule has 0 heterocycles. The van der Waals surface area contributed by atoms with Crippen molar-refractivity contribution in [3.8, 4) is 5.75 Å². The molecule has 6 heteroatoms. The Morgan fingerprint density at radius 1 is 0.889 bits per heavy atom. The summed E-state index contributed by atoms with van der Waals surface area (Å²) in [5, 5.41) is 4.26. The number of benzene rings is 3. The minimum Gasteiger partial charge on any atom is -0.482 e. The fourth-order valence-corrected chi connectivity index (χ4v) is 2.77. The standard InChI is InChI=1S/C21H17Cl2NO3/c22-16-7-6-15(20(23)12-16)13-27-21(25)14-26-19-10-8-18(9-11-19)24-17-4-2-1-3-5-17/h1-12,24H,13-14H2. The third-order valence-corrected chi connectivity index (χ3v) is 4.26. The monoisotopic (exact) mass is 401 g/mol. The molecule has 0 saturated heterocycles. The van der Waals surface area contributed by atoms with Gasteiger partial charge in [0.05, 0.1) is 0 Å². The summed E-state index contributed by atoms with van der Waals surface area (Å²) in [6, 6.07) is 22.2. The van der Waals surface area contributed by atoms with Gasteiger partial charge in [0.25, 0.3) is 0 Å². The number of hydrogen-bond acceptors (Lipinski definition) is 4. The van der Waals surface area contributed by atoms with Gasteiger partial charge in [0.1, 0.15) is 12.4 Å². The van der Waals surface area contributed by atoms with Crippen LogP contribution >= 0.6 is 23.2 Å². The Hall–Kier alpha value is -2.69. The molecule has 0 saturated carbocycles. The Morgan fingerprint density at radius 3 is 2.30 bits per heavy atom. The van der Waals surface area contributed by atoms with Gasteiger partial charge in [0, 0.05) is 27.0 Å². The highest BCUT2D eigenvalue weighted by atomic mass is 35.5. The smallest absolute Gasteiger partial charge is 0.344 e. The second-order valence-corrected chi connectivity index (χ2v) is 6.54. The van der Waals surface area contributed by atoms with Crippen LogP contribution in [-0.2, 0) is 16.1 Å². The number of para-hydroxylation sites is 1. The molecule has 27 heavy (non-hydrogen) atoms. The normalized spacial score (nSPS) is 10.3. The van der Waals surface area contributed by atoms with Crippen LogP contribution in [0.4, 0.5) is 11.4 Å². The van der Waals surface area contributed by atoms with Gasteiger partial charge in [-0.25, -0.2) is 4.79 Å². The summed E-state index contributed by atoms with van der Waals surface area (Å²) in [7, 11) is 0. The van der Waals surface area contributed by atoms with Gasteiger partial charge in [0.2, 0.25) is 0 Å². The van der Waals surface area contributed by atoms with Gasteiger partial charge >= 0.3 is 5.97 Å². The molecule has 0 aliphatic heterocycles. The van der Waals surface area contributed by atoms with E-state index in [0.717, 1.165) is 11.4 Å². The molecule has 0 atom stereocenters. The average Bonchev–Trinajstić information content (AvgIpc) is 2.67. The van der Waals surface area contributed by atoms with Gasteiger partial charge in [0.15, 0.2) is 6.61 Å². The summed E-state index contributed by atoms with van der Waals surface area (Å²) in [6.07, 6.45) is 0. The van der Waals surface area contributed by atoms with Gasteiger partial charge in [-0.3, -0.25) is 0 Å². The molecular weight excluding hydrogens is 385 g/mol. The molecule has 3 aromatic carbocycles. The number of esters is 1. The van der Waals surface area contributed by atoms with E-state index < -0.39 is 5.97 Å². The van der Waals surface area contributed by atoms with E-state index in [1.165, 1.54) is 0 Å². The van der Waals surface area contributed by atoms with Gasteiger partial charge in [-0.1, -0.05) is 47.5 Å². The maximum atomic E-state index is 11.8. The SMILES string of the molecule is O=C(COc1ccc(Nc2ccccc2)cc1)OCc1ccc(Cl)cc1Cl. The number of anilines is 2. The van der Waals surface area contributed by atoms with Crippen LogP contribution in [0.2, 0.25) is 10.0 Å². The zero-order valence-electron chi connectivity index (χ0n) is 14.3. The molecule has 0 aliphatic rings. The molecule has 0 unspecified atom stereocenters. The Kier molecular flexibility index (Phi) is 6.58. The summed E-state index contributed by atoms with van der Waals surface area (Å²) in [6.45, 7) is -0.116. The van der Waals surface area contributed by atoms with Crippen LogP contribution in [-0.4, -0.2) is 12.6 Å². The minimum atomic E-state index is -0.479. The fraction of sp³-hybridized carbons (Fsp3) is 0.0952. The number of rotatable bonds is 7. The van der Waals surface area contributed by atoms with Crippen molar-refractivity contribution in [2.75, 3.05) is 11.9 Å². The lowest BCUT2D eigenvalue weighted by atomic mass is 10.2. The van der Waals surface area contributed by atoms with Crippen LogP contribution in [0, 0.1) is 0 Å². The first-order chi connectivity index (χ1) is 13.1. The molecule has 0 aliphatic carbocycles. The zero-order valence-corrected chi connectivity index (χ0v) is 15.8. The van der Waals surface area contributed by atoms with E-state index in [0.29, 0.717) is 21.4 Å². The van der Waals surface area contributed by atoms with Crippen LogP contribution in [0.3, 0.4) is 0 Å². The second kappa shape index (κ2) is 9.31. The van der Waals surface area contributed by atoms with Crippen molar-refractivity contribution in [2.45, 2.75) is 6.61 Å². The lowest BCUT2D eigenvalue weighted by molar-refractivity contribution is -0.147. The van der Waals surface area contributed by atoms with E-state index in [9.17, 15) is 4.79 Å². The van der Waals surface area contributed by atoms with E-state index in [2.05, 4.69) is 5.32 Å². The summed E-state index contributed by atoms with van der Waals surface area (Å²) in [4.78, 5) is 11.8. The Balaban J connectivity index is 1.46. The highest BCUT2D eigenvalue weighted by Crippen LogP contribution is 2.22. The maximum Gasteiger partial charge on any atom is 0.344 e. The molecule has 0 radical (unpaired) electrons. The van der Waals surface area contributed by atoms with Crippen molar-refractivity contribution in [3.05, 3.63) is 88.4 Å². The zero-order chi connectivity index (χ0) is 19.1. The first kappa shape index (κ1) is 19.1. The largest absolute Gasteiger partial charge is 0.482 e. The van der Waals surface area contributed by atoms with E-state index in [4.69, 9.17) is 32.7 Å². The van der Waals surface area contributed by atoms with Crippen molar-refractivity contribution >= 4 is 40.5 Å². The van der Waals surface area contributed by atoms with Crippen LogP contribution < -0.4 is 10.1 Å². The fourth-order valence-electron chi connectivity index (χ4n) is 2.30. The summed E-state index contributed by atoms with van der Waals surface area (Å²) < 4.78 is 10.6. The number of ether oxygens (including phenoxy) is 2. The number of nitrogens with one attached hydrogen (secondary N) is 1. The molecular formula is C21H17Cl2NO3. The molecule has 0 fully saturated rings. The summed E-state index contributed by atoms with van der Waals surface area (Å²) in [5.41, 5.74) is 2.61. The molecule has 3 aromatic rings. The average molecular weight is 402 g/mol. The van der Waals surface area contributed by atoms with E-state index in [1.54, 1.807) is 30.3 Å². The minimum absolute atomic E-state index is 0.0676. The molecule has 4 nitrogen and oxygen atoms in total. The highest BCUT2D eigenvalue weighted by molar-refractivity contribution is 6.35. The van der Waals surface area contributed by atoms with E-state index >= 15 is 0 Å². The molecule has 0 amide bonds. The van der Waals surface area contributed by atoms with Crippen molar-refractivity contribution < 1.29 is 14.3 Å². The Labute approximate surface area is 167 Å². The molecule has 0 bridgehead atoms. The first-order valence-corrected chi connectivity index (χ1v) is 9.00. The molecule has 1 N–H and O–H groups in total. The third kappa shape index (κ3) is 5.91. The highest BCUT2D eigenvalue weighted by Gasteiger charge is 2.08. The van der Waals surface area contributed by atoms with Crippen LogP contribution in [0.15, 0.2) is 72.8 Å². The maximum absolute atomic E-state index is 11.8. The third-order valence-electron chi connectivity index (χ3n) is 3.68. The van der Waals surface area contributed by atoms with Gasteiger partial charge < -0.3 is 14.8 Å². The van der Waals surface area contributed by atoms with Crippen molar-refractivity contribution in [2.24, 2.45) is 0 Å². The molecule has 3 rings (SSSR count). The van der Waals surface area contributed by atoms with Crippen molar-refractivity contribution in [1.29, 1.82) is 0 Å². The summed E-state index contributed by atoms with van der Waals surface area (Å²) in [5.74, 6) is 0.0996. The predicted octanol–water partition coefficient (Wildman–Crippen LogP) is 5.86. The number of carbonyl (C=O) groups excluding carboxylic acids is 1. The molecule has 0 spiro atoms. The quantitative estimate of drug-likeness (QED) is 0.503. The number of halogens is 2. The van der Waals surface area contributed by atoms with Crippen LogP contribution in [0.5, 0.6) is 5.75 Å². The van der Waals surface area contributed by atoms with Gasteiger partial charge in [-0.15, -0.1) is 0 Å². The lowest BCUT2D eigenvalue weighted by Crippen LogP contribution is -2.14. The summed E-state index contributed by atoms with van der Waals surface area (Å²) >= 11 is 11.9. The Bertz CT molecular complexity index is 899. The number of hydrogen-bond donors (Lipinski definition) is 1. The van der Waals surface area contributed by atoms with Crippen molar-refractivity contribution in [1.82, 2.24) is 0 Å². The van der Waals surface area contributed by atoms with Crippen LogP contribution in [0.25, 0.3) is 0 Å². The van der Waals surface area contributed by atoms with Gasteiger partial charge in [-0.05, 0) is 48.5 Å². The molecule has 138 valence electrons. The second-order valence-electron chi connectivity index (χ2n) is 5.70. The van der Waals surface area contributed by atoms with E-state index in [-0.39, 0.29) is 13.2 Å². The topological polar surface area (TPSA) is 47.6 Å². The van der Waals surface area contributed by atoms with Crippen molar-refractivity contribution in [3.63, 3.8) is 0 Å². The number of carbonyl (C=O) groups is 1. The predicted molar refractivity (Wildman–Crippen MR) is 108 cm³/mol. The Morgan fingerprint density at radius 2 is 1.59 bits per heavy atom. The van der Waals surface area contributed by atoms with Gasteiger partial charge in [-0.2, -0.15) is 0 Å². The lowest BCUT2D eigenvalue weighted by Gasteiger charge is -2.10. The van der Waals surface area contributed by atoms with E-state index in [1.807, 2.05) is 42.5 Å². The van der Waals surface area contributed by atoms with Crippen LogP contribution in [0.1, 0.15) is 5.56 Å². The molecule has 0 aromatic heterocycles. The first-order valence-electron chi connectivity index (χ1n) is 8.24.